The minimum absolute atomic E-state index is 0.263. The Kier molecular flexibility index (Phi) is 1.88. The fourth-order valence-electron chi connectivity index (χ4n) is 2.54. The predicted molar refractivity (Wildman–Crippen MR) is 49.1 cm³/mol. The van der Waals surface area contributed by atoms with Crippen molar-refractivity contribution in [2.24, 2.45) is 5.92 Å². The van der Waals surface area contributed by atoms with E-state index in [1.165, 1.54) is 0 Å². The fourth-order valence-corrected chi connectivity index (χ4v) is 2.54. The molecule has 0 aromatic heterocycles. The van der Waals surface area contributed by atoms with E-state index in [0.29, 0.717) is 18.4 Å². The van der Waals surface area contributed by atoms with Crippen molar-refractivity contribution in [2.75, 3.05) is 6.61 Å². The molecule has 0 spiro atoms. The van der Waals surface area contributed by atoms with Crippen molar-refractivity contribution in [1.82, 2.24) is 4.90 Å². The van der Waals surface area contributed by atoms with Crippen molar-refractivity contribution in [3.8, 4) is 0 Å². The maximum Gasteiger partial charge on any atom is 0.225 e. The lowest BCUT2D eigenvalue weighted by atomic mass is 9.98. The molecule has 3 heteroatoms. The van der Waals surface area contributed by atoms with Crippen LogP contribution in [0.4, 0.5) is 0 Å². The topological polar surface area (TPSA) is 29.5 Å². The molecule has 0 radical (unpaired) electrons. The molecule has 0 N–H and O–H groups in total. The molecule has 2 rings (SSSR count). The summed E-state index contributed by atoms with van der Waals surface area (Å²) in [6.07, 6.45) is 1.79. The highest BCUT2D eigenvalue weighted by Crippen LogP contribution is 2.39. The smallest absolute Gasteiger partial charge is 0.225 e. The number of amides is 1. The van der Waals surface area contributed by atoms with Crippen LogP contribution in [-0.4, -0.2) is 29.2 Å². The van der Waals surface area contributed by atoms with E-state index < -0.39 is 0 Å². The molecule has 2 aliphatic heterocycles. The van der Waals surface area contributed by atoms with Gasteiger partial charge in [0.25, 0.3) is 0 Å². The van der Waals surface area contributed by atoms with E-state index in [2.05, 4.69) is 6.92 Å². The van der Waals surface area contributed by atoms with Gasteiger partial charge in [-0.25, -0.2) is 0 Å². The van der Waals surface area contributed by atoms with Crippen molar-refractivity contribution in [3.05, 3.63) is 0 Å². The molecular weight excluding hydrogens is 166 g/mol. The fraction of sp³-hybridized carbons (Fsp3) is 0.900. The largest absolute Gasteiger partial charge is 0.354 e. The highest BCUT2D eigenvalue weighted by molar-refractivity contribution is 5.80. The molecule has 3 nitrogen and oxygen atoms in total. The molecule has 2 atom stereocenters. The number of fused-ring (bicyclic) bond motifs is 1. The van der Waals surface area contributed by atoms with Crippen molar-refractivity contribution in [2.45, 2.75) is 45.4 Å². The Morgan fingerprint density at radius 1 is 1.62 bits per heavy atom. The van der Waals surface area contributed by atoms with Gasteiger partial charge in [-0.15, -0.1) is 0 Å². The summed E-state index contributed by atoms with van der Waals surface area (Å²) in [5.74, 6) is 0.772. The molecule has 1 amide bonds. The number of carbonyl (C=O) groups excluding carboxylic acids is 1. The van der Waals surface area contributed by atoms with E-state index in [4.69, 9.17) is 4.74 Å². The summed E-state index contributed by atoms with van der Waals surface area (Å²) in [6.45, 7) is 6.82. The maximum absolute atomic E-state index is 11.7. The summed E-state index contributed by atoms with van der Waals surface area (Å²) in [4.78, 5) is 13.6. The third kappa shape index (κ3) is 1.17. The minimum Gasteiger partial charge on any atom is -0.354 e. The van der Waals surface area contributed by atoms with Gasteiger partial charge in [0.15, 0.2) is 0 Å². The molecule has 13 heavy (non-hydrogen) atoms. The molecule has 0 aliphatic carbocycles. The average molecular weight is 183 g/mol. The van der Waals surface area contributed by atoms with E-state index in [1.807, 2.05) is 18.7 Å². The highest BCUT2D eigenvalue weighted by Gasteiger charge is 2.51. The van der Waals surface area contributed by atoms with Crippen LogP contribution >= 0.6 is 0 Å². The van der Waals surface area contributed by atoms with Gasteiger partial charge in [0, 0.05) is 6.42 Å². The summed E-state index contributed by atoms with van der Waals surface area (Å²) in [5, 5.41) is 0. The van der Waals surface area contributed by atoms with Crippen LogP contribution in [0.25, 0.3) is 0 Å². The molecule has 74 valence electrons. The Labute approximate surface area is 79.0 Å². The summed E-state index contributed by atoms with van der Waals surface area (Å²) < 4.78 is 5.61. The first-order valence-corrected chi connectivity index (χ1v) is 5.02. The third-order valence-corrected chi connectivity index (χ3v) is 3.29. The van der Waals surface area contributed by atoms with Gasteiger partial charge in [0.2, 0.25) is 5.91 Å². The highest BCUT2D eigenvalue weighted by atomic mass is 16.5. The lowest BCUT2D eigenvalue weighted by molar-refractivity contribution is -0.141. The Morgan fingerprint density at radius 2 is 2.31 bits per heavy atom. The van der Waals surface area contributed by atoms with Crippen LogP contribution in [0.1, 0.15) is 33.6 Å². The standard InChI is InChI=1S/C10H17NO2/c1-4-7-5-9(12)11-8(7)6-13-10(11,2)3/h7-8H,4-6H2,1-3H3/t7-,8-/m0/s1. The molecule has 2 aliphatic rings. The number of carbonyl (C=O) groups is 1. The first-order valence-electron chi connectivity index (χ1n) is 5.02. The SMILES string of the molecule is CC[C@H]1CC(=O)N2[C@H]1COC2(C)C. The normalized spacial score (nSPS) is 36.8. The van der Waals surface area contributed by atoms with Crippen LogP contribution in [-0.2, 0) is 9.53 Å². The van der Waals surface area contributed by atoms with Gasteiger partial charge in [-0.3, -0.25) is 4.79 Å². The van der Waals surface area contributed by atoms with Gasteiger partial charge in [-0.2, -0.15) is 0 Å². The Hall–Kier alpha value is -0.570. The zero-order valence-corrected chi connectivity index (χ0v) is 8.54. The number of hydrogen-bond donors (Lipinski definition) is 0. The van der Waals surface area contributed by atoms with Crippen LogP contribution < -0.4 is 0 Å². The molecule has 2 saturated heterocycles. The van der Waals surface area contributed by atoms with Gasteiger partial charge in [0.1, 0.15) is 5.72 Å². The van der Waals surface area contributed by atoms with Gasteiger partial charge >= 0.3 is 0 Å². The van der Waals surface area contributed by atoms with Gasteiger partial charge in [-0.05, 0) is 19.8 Å². The van der Waals surface area contributed by atoms with E-state index >= 15 is 0 Å². The van der Waals surface area contributed by atoms with E-state index in [-0.39, 0.29) is 11.6 Å². The molecule has 0 unspecified atom stereocenters. The second-order valence-electron chi connectivity index (χ2n) is 4.46. The summed E-state index contributed by atoms with van der Waals surface area (Å²) in [6, 6.07) is 0.340. The van der Waals surface area contributed by atoms with Crippen molar-refractivity contribution in [1.29, 1.82) is 0 Å². The van der Waals surface area contributed by atoms with Crippen LogP contribution in [0.5, 0.6) is 0 Å². The summed E-state index contributed by atoms with van der Waals surface area (Å²) >= 11 is 0. The molecule has 2 heterocycles. The van der Waals surface area contributed by atoms with Gasteiger partial charge in [0.05, 0.1) is 12.6 Å². The third-order valence-electron chi connectivity index (χ3n) is 3.29. The number of nitrogens with zero attached hydrogens (tertiary/aromatic N) is 1. The van der Waals surface area contributed by atoms with E-state index in [0.717, 1.165) is 13.0 Å². The molecule has 0 saturated carbocycles. The zero-order chi connectivity index (χ0) is 9.64. The Morgan fingerprint density at radius 3 is 2.92 bits per heavy atom. The van der Waals surface area contributed by atoms with Crippen LogP contribution in [0.3, 0.4) is 0 Å². The number of ether oxygens (including phenoxy) is 1. The number of hydrogen-bond acceptors (Lipinski definition) is 2. The molecule has 0 bridgehead atoms. The van der Waals surface area contributed by atoms with Gasteiger partial charge in [-0.1, -0.05) is 13.3 Å². The van der Waals surface area contributed by atoms with Crippen LogP contribution in [0, 0.1) is 5.92 Å². The Balaban J connectivity index is 2.24. The molecular formula is C10H17NO2. The molecule has 0 aromatic carbocycles. The second kappa shape index (κ2) is 2.71. The Bertz CT molecular complexity index is 237. The molecule has 2 fully saturated rings. The summed E-state index contributed by atoms with van der Waals surface area (Å²) in [7, 11) is 0. The lowest BCUT2D eigenvalue weighted by Gasteiger charge is -2.29. The second-order valence-corrected chi connectivity index (χ2v) is 4.46. The first-order chi connectivity index (χ1) is 6.06. The molecule has 0 aromatic rings. The van der Waals surface area contributed by atoms with Crippen LogP contribution in [0.2, 0.25) is 0 Å². The predicted octanol–water partition coefficient (Wildman–Crippen LogP) is 1.38. The monoisotopic (exact) mass is 183 g/mol. The van der Waals surface area contributed by atoms with E-state index in [9.17, 15) is 4.79 Å². The van der Waals surface area contributed by atoms with Crippen LogP contribution in [0.15, 0.2) is 0 Å². The van der Waals surface area contributed by atoms with Crippen molar-refractivity contribution >= 4 is 5.91 Å². The van der Waals surface area contributed by atoms with E-state index in [1.54, 1.807) is 0 Å². The van der Waals surface area contributed by atoms with Gasteiger partial charge < -0.3 is 9.64 Å². The minimum atomic E-state index is -0.369. The first kappa shape index (κ1) is 9.00. The van der Waals surface area contributed by atoms with Crippen molar-refractivity contribution < 1.29 is 9.53 Å². The lowest BCUT2D eigenvalue weighted by Crippen LogP contribution is -2.43. The zero-order valence-electron chi connectivity index (χ0n) is 8.54. The summed E-state index contributed by atoms with van der Waals surface area (Å²) in [5.41, 5.74) is -0.369. The maximum atomic E-state index is 11.7. The quantitative estimate of drug-likeness (QED) is 0.614. The van der Waals surface area contributed by atoms with Crippen molar-refractivity contribution in [3.63, 3.8) is 0 Å². The number of rotatable bonds is 1. The average Bonchev–Trinajstić information content (AvgIpc) is 2.53.